The number of hydrogen-bond acceptors (Lipinski definition) is 4. The van der Waals surface area contributed by atoms with Crippen LogP contribution in [0.25, 0.3) is 21.6 Å². The summed E-state index contributed by atoms with van der Waals surface area (Å²) in [5, 5.41) is 7.14. The second-order valence-corrected chi connectivity index (χ2v) is 7.28. The number of hydrogen-bond donors (Lipinski definition) is 1. The quantitative estimate of drug-likeness (QED) is 0.529. The van der Waals surface area contributed by atoms with Crippen LogP contribution >= 0.6 is 22.9 Å². The summed E-state index contributed by atoms with van der Waals surface area (Å²) in [5.74, 6) is -0.213. The average Bonchev–Trinajstić information content (AvgIpc) is 3.32. The van der Waals surface area contributed by atoms with Crippen molar-refractivity contribution in [2.24, 2.45) is 0 Å². The van der Waals surface area contributed by atoms with Crippen molar-refractivity contribution >= 4 is 39.9 Å². The lowest BCUT2D eigenvalue weighted by Crippen LogP contribution is -2.23. The molecule has 5 nitrogen and oxygen atoms in total. The number of fused-ring (bicyclic) bond motifs is 1. The molecule has 0 unspecified atom stereocenters. The van der Waals surface area contributed by atoms with Crippen LogP contribution in [0.4, 0.5) is 0 Å². The fourth-order valence-corrected chi connectivity index (χ4v) is 3.97. The molecule has 0 aliphatic heterocycles. The van der Waals surface area contributed by atoms with E-state index in [9.17, 15) is 4.79 Å². The van der Waals surface area contributed by atoms with Gasteiger partial charge in [0, 0.05) is 46.8 Å². The third kappa shape index (κ3) is 3.46. The molecule has 1 N–H and O–H groups in total. The number of nitrogens with one attached hydrogen (secondary N) is 1. The van der Waals surface area contributed by atoms with Gasteiger partial charge in [-0.2, -0.15) is 0 Å². The minimum atomic E-state index is -0.213. The zero-order valence-electron chi connectivity index (χ0n) is 14.6. The number of nitrogens with zero attached hydrogens (tertiary/aromatic N) is 3. The van der Waals surface area contributed by atoms with Crippen molar-refractivity contribution in [3.05, 3.63) is 70.5 Å². The Morgan fingerprint density at radius 2 is 2.11 bits per heavy atom. The summed E-state index contributed by atoms with van der Waals surface area (Å²) in [6.45, 7) is 3.27. The summed E-state index contributed by atoms with van der Waals surface area (Å²) in [6, 6.07) is 11.4. The molecule has 4 aromatic rings. The molecule has 7 heteroatoms. The van der Waals surface area contributed by atoms with E-state index in [1.54, 1.807) is 11.6 Å². The number of aryl methyl sites for hydroxylation is 1. The second-order valence-electron chi connectivity index (χ2n) is 6.02. The lowest BCUT2D eigenvalue weighted by Gasteiger charge is -2.05. The Kier molecular flexibility index (Phi) is 4.92. The zero-order valence-corrected chi connectivity index (χ0v) is 16.2. The molecule has 0 bridgehead atoms. The summed E-state index contributed by atoms with van der Waals surface area (Å²) in [4.78, 5) is 21.5. The molecule has 27 heavy (non-hydrogen) atoms. The molecular weight excluding hydrogens is 380 g/mol. The van der Waals surface area contributed by atoms with Crippen LogP contribution in [0.15, 0.2) is 54.2 Å². The standard InChI is InChI=1S/C20H17ClN4OS/c1-2-25-11-15(14-7-5-9-22-18(14)25)20-24-17(12-27-20)19(26)23-10-13-6-3-4-8-16(13)21/h3-9,11-12H,2,10H2,1H3,(H,23,26). The molecular formula is C20H17ClN4OS. The van der Waals surface area contributed by atoms with Crippen molar-refractivity contribution in [2.45, 2.75) is 20.0 Å². The van der Waals surface area contributed by atoms with Gasteiger partial charge in [0.15, 0.2) is 0 Å². The van der Waals surface area contributed by atoms with Crippen LogP contribution in [0.5, 0.6) is 0 Å². The maximum Gasteiger partial charge on any atom is 0.271 e. The molecule has 0 fully saturated rings. The van der Waals surface area contributed by atoms with Gasteiger partial charge in [0.05, 0.1) is 0 Å². The Morgan fingerprint density at radius 1 is 1.26 bits per heavy atom. The highest BCUT2D eigenvalue weighted by molar-refractivity contribution is 7.13. The van der Waals surface area contributed by atoms with E-state index in [4.69, 9.17) is 11.6 Å². The smallest absolute Gasteiger partial charge is 0.271 e. The predicted molar refractivity (Wildman–Crippen MR) is 109 cm³/mol. The topological polar surface area (TPSA) is 59.8 Å². The van der Waals surface area contributed by atoms with Gasteiger partial charge in [-0.05, 0) is 30.7 Å². The van der Waals surface area contributed by atoms with Crippen molar-refractivity contribution < 1.29 is 4.79 Å². The molecule has 0 atom stereocenters. The highest BCUT2D eigenvalue weighted by atomic mass is 35.5. The monoisotopic (exact) mass is 396 g/mol. The maximum absolute atomic E-state index is 12.5. The average molecular weight is 397 g/mol. The van der Waals surface area contributed by atoms with Crippen molar-refractivity contribution in [2.75, 3.05) is 0 Å². The van der Waals surface area contributed by atoms with Crippen LogP contribution in [0.2, 0.25) is 5.02 Å². The lowest BCUT2D eigenvalue weighted by atomic mass is 10.2. The van der Waals surface area contributed by atoms with Gasteiger partial charge in [-0.1, -0.05) is 29.8 Å². The third-order valence-corrected chi connectivity index (χ3v) is 5.58. The molecule has 0 aliphatic carbocycles. The number of rotatable bonds is 5. The van der Waals surface area contributed by atoms with Crippen LogP contribution < -0.4 is 5.32 Å². The van der Waals surface area contributed by atoms with Crippen molar-refractivity contribution in [3.8, 4) is 10.6 Å². The third-order valence-electron chi connectivity index (χ3n) is 4.34. The highest BCUT2D eigenvalue weighted by Gasteiger charge is 2.16. The maximum atomic E-state index is 12.5. The molecule has 0 saturated carbocycles. The summed E-state index contributed by atoms with van der Waals surface area (Å²) in [7, 11) is 0. The number of benzene rings is 1. The Morgan fingerprint density at radius 3 is 2.93 bits per heavy atom. The summed E-state index contributed by atoms with van der Waals surface area (Å²) in [5.41, 5.74) is 3.20. The van der Waals surface area contributed by atoms with E-state index in [-0.39, 0.29) is 5.91 Å². The van der Waals surface area contributed by atoms with Gasteiger partial charge in [0.25, 0.3) is 5.91 Å². The van der Waals surface area contributed by atoms with E-state index in [1.165, 1.54) is 11.3 Å². The van der Waals surface area contributed by atoms with E-state index in [0.717, 1.165) is 33.7 Å². The van der Waals surface area contributed by atoms with E-state index < -0.39 is 0 Å². The number of pyridine rings is 1. The molecule has 136 valence electrons. The lowest BCUT2D eigenvalue weighted by molar-refractivity contribution is 0.0946. The number of carbonyl (C=O) groups is 1. The first-order valence-corrected chi connectivity index (χ1v) is 9.84. The molecule has 0 saturated heterocycles. The Labute approximate surface area is 165 Å². The normalized spacial score (nSPS) is 11.0. The van der Waals surface area contributed by atoms with E-state index >= 15 is 0 Å². The number of thiazole rings is 1. The predicted octanol–water partition coefficient (Wildman–Crippen LogP) is 4.76. The van der Waals surface area contributed by atoms with Gasteiger partial charge in [0.2, 0.25) is 0 Å². The number of aromatic nitrogens is 3. The van der Waals surface area contributed by atoms with E-state index in [2.05, 4.69) is 26.8 Å². The van der Waals surface area contributed by atoms with Gasteiger partial charge in [-0.3, -0.25) is 4.79 Å². The van der Waals surface area contributed by atoms with Crippen molar-refractivity contribution in [3.63, 3.8) is 0 Å². The Balaban J connectivity index is 1.57. The van der Waals surface area contributed by atoms with E-state index in [0.29, 0.717) is 17.3 Å². The Bertz CT molecular complexity index is 1120. The molecule has 0 radical (unpaired) electrons. The molecule has 0 aliphatic rings. The second kappa shape index (κ2) is 7.50. The van der Waals surface area contributed by atoms with E-state index in [1.807, 2.05) is 42.6 Å². The first kappa shape index (κ1) is 17.7. The molecule has 3 aromatic heterocycles. The Hall–Kier alpha value is -2.70. The minimum Gasteiger partial charge on any atom is -0.347 e. The highest BCUT2D eigenvalue weighted by Crippen LogP contribution is 2.31. The van der Waals surface area contributed by atoms with Crippen LogP contribution in [-0.4, -0.2) is 20.4 Å². The molecule has 1 amide bonds. The van der Waals surface area contributed by atoms with Crippen molar-refractivity contribution in [1.29, 1.82) is 0 Å². The van der Waals surface area contributed by atoms with Crippen LogP contribution in [0.3, 0.4) is 0 Å². The minimum absolute atomic E-state index is 0.213. The first-order chi connectivity index (χ1) is 13.2. The van der Waals surface area contributed by atoms with Crippen LogP contribution in [0, 0.1) is 0 Å². The SMILES string of the molecule is CCn1cc(-c2nc(C(=O)NCc3ccccc3Cl)cs2)c2cccnc21. The number of carbonyl (C=O) groups excluding carboxylic acids is 1. The van der Waals surface area contributed by atoms with Gasteiger partial charge in [-0.25, -0.2) is 9.97 Å². The molecule has 0 spiro atoms. The summed E-state index contributed by atoms with van der Waals surface area (Å²) in [6.07, 6.45) is 3.83. The molecule has 1 aromatic carbocycles. The molecule has 4 rings (SSSR count). The van der Waals surface area contributed by atoms with Crippen LogP contribution in [-0.2, 0) is 13.1 Å². The number of amides is 1. The number of halogens is 1. The first-order valence-electron chi connectivity index (χ1n) is 8.58. The fourth-order valence-electron chi connectivity index (χ4n) is 2.94. The zero-order chi connectivity index (χ0) is 18.8. The fraction of sp³-hybridized carbons (Fsp3) is 0.150. The molecule has 3 heterocycles. The largest absolute Gasteiger partial charge is 0.347 e. The van der Waals surface area contributed by atoms with Crippen molar-refractivity contribution in [1.82, 2.24) is 19.9 Å². The summed E-state index contributed by atoms with van der Waals surface area (Å²) < 4.78 is 2.09. The van der Waals surface area contributed by atoms with Gasteiger partial charge < -0.3 is 9.88 Å². The van der Waals surface area contributed by atoms with Gasteiger partial charge in [-0.15, -0.1) is 11.3 Å². The van der Waals surface area contributed by atoms with Crippen LogP contribution in [0.1, 0.15) is 23.0 Å². The van der Waals surface area contributed by atoms with Gasteiger partial charge in [0.1, 0.15) is 16.3 Å². The van der Waals surface area contributed by atoms with Gasteiger partial charge >= 0.3 is 0 Å². The summed E-state index contributed by atoms with van der Waals surface area (Å²) >= 11 is 7.59.